The van der Waals surface area contributed by atoms with Crippen molar-refractivity contribution in [1.82, 2.24) is 15.2 Å². The molecular weight excluding hydrogens is 528 g/mol. The monoisotopic (exact) mass is 555 g/mol. The van der Waals surface area contributed by atoms with Gasteiger partial charge in [-0.2, -0.15) is 27.1 Å². The number of rotatable bonds is 6. The van der Waals surface area contributed by atoms with Crippen molar-refractivity contribution < 1.29 is 36.2 Å². The molecule has 2 aliphatic rings. The number of aliphatic hydroxyl groups is 1. The summed E-state index contributed by atoms with van der Waals surface area (Å²) in [6.45, 7) is 5.32. The number of anilines is 2. The van der Waals surface area contributed by atoms with Gasteiger partial charge in [0.1, 0.15) is 11.4 Å². The molecule has 0 spiro atoms. The van der Waals surface area contributed by atoms with Crippen LogP contribution in [0, 0.1) is 12.7 Å². The number of fused-ring (bicyclic) bond motifs is 3. The fraction of sp³-hybridized carbons (Fsp3) is 0.500. The second-order valence-electron chi connectivity index (χ2n) is 10.6. The van der Waals surface area contributed by atoms with Gasteiger partial charge in [-0.25, -0.2) is 9.37 Å². The highest BCUT2D eigenvalue weighted by Crippen LogP contribution is 2.44. The molecule has 2 unspecified atom stereocenters. The molecule has 4 heterocycles. The Bertz CT molecular complexity index is 1420. The van der Waals surface area contributed by atoms with E-state index in [1.54, 1.807) is 4.90 Å². The first-order chi connectivity index (χ1) is 18.1. The third-order valence-electron chi connectivity index (χ3n) is 7.33. The normalized spacial score (nSPS) is 20.6. The molecule has 5 rings (SSSR count). The molecule has 2 saturated heterocycles. The van der Waals surface area contributed by atoms with Gasteiger partial charge >= 0.3 is 12.1 Å². The number of nitrogens with zero attached hydrogens (tertiary/aromatic N) is 4. The van der Waals surface area contributed by atoms with Crippen LogP contribution >= 0.6 is 0 Å². The number of hydrogen-bond donors (Lipinski definition) is 2. The highest BCUT2D eigenvalue weighted by atomic mass is 19.4. The summed E-state index contributed by atoms with van der Waals surface area (Å²) in [4.78, 5) is 5.59. The summed E-state index contributed by atoms with van der Waals surface area (Å²) >= 11 is 0. The summed E-state index contributed by atoms with van der Waals surface area (Å²) in [5.41, 5.74) is -4.71. The van der Waals surface area contributed by atoms with E-state index in [0.29, 0.717) is 13.0 Å². The molecule has 0 amide bonds. The molecule has 7 nitrogen and oxygen atoms in total. The lowest BCUT2D eigenvalue weighted by molar-refractivity contribution is -0.170. The van der Waals surface area contributed by atoms with Gasteiger partial charge in [-0.15, -0.1) is 5.10 Å². The van der Waals surface area contributed by atoms with Gasteiger partial charge in [-0.3, -0.25) is 0 Å². The van der Waals surface area contributed by atoms with Gasteiger partial charge in [0.15, 0.2) is 11.5 Å². The van der Waals surface area contributed by atoms with E-state index in [2.05, 4.69) is 20.5 Å². The number of alkyl halides is 5. The Morgan fingerprint density at radius 2 is 1.87 bits per heavy atom. The maximum Gasteiger partial charge on any atom is 0.435 e. The number of hydrogen-bond acceptors (Lipinski definition) is 7. The molecule has 3 atom stereocenters. The lowest BCUT2D eigenvalue weighted by Gasteiger charge is -2.31. The van der Waals surface area contributed by atoms with Gasteiger partial charge in [-0.05, 0) is 46.2 Å². The summed E-state index contributed by atoms with van der Waals surface area (Å²) < 4.78 is 92.8. The predicted molar refractivity (Wildman–Crippen MR) is 131 cm³/mol. The second-order valence-corrected chi connectivity index (χ2v) is 10.6. The van der Waals surface area contributed by atoms with E-state index in [1.807, 2.05) is 0 Å². The van der Waals surface area contributed by atoms with E-state index < -0.39 is 40.8 Å². The lowest BCUT2D eigenvalue weighted by Crippen LogP contribution is -2.41. The molecule has 1 aromatic carbocycles. The molecule has 0 saturated carbocycles. The molecule has 2 aliphatic heterocycles. The van der Waals surface area contributed by atoms with Crippen LogP contribution in [0.25, 0.3) is 10.9 Å². The molecule has 0 radical (unpaired) electrons. The molecule has 13 heteroatoms. The predicted octanol–water partition coefficient (Wildman–Crippen LogP) is 5.50. The van der Waals surface area contributed by atoms with E-state index in [0.717, 1.165) is 19.9 Å². The fourth-order valence-electron chi connectivity index (χ4n) is 5.15. The molecule has 39 heavy (non-hydrogen) atoms. The van der Waals surface area contributed by atoms with Crippen molar-refractivity contribution in [2.75, 3.05) is 23.4 Å². The van der Waals surface area contributed by atoms with E-state index in [4.69, 9.17) is 4.74 Å². The van der Waals surface area contributed by atoms with Crippen LogP contribution < -0.4 is 10.2 Å². The Morgan fingerprint density at radius 3 is 2.46 bits per heavy atom. The van der Waals surface area contributed by atoms with Crippen LogP contribution in [-0.4, -0.2) is 51.2 Å². The Hall–Kier alpha value is -3.19. The van der Waals surface area contributed by atoms with Gasteiger partial charge in [0.05, 0.1) is 47.3 Å². The van der Waals surface area contributed by atoms with E-state index in [9.17, 15) is 27.1 Å². The Balaban J connectivity index is 1.58. The topological polar surface area (TPSA) is 83.4 Å². The van der Waals surface area contributed by atoms with Crippen molar-refractivity contribution in [2.45, 2.75) is 70.0 Å². The van der Waals surface area contributed by atoms with E-state index >= 15 is 4.39 Å². The van der Waals surface area contributed by atoms with Crippen molar-refractivity contribution in [1.29, 1.82) is 0 Å². The summed E-state index contributed by atoms with van der Waals surface area (Å²) in [7, 11) is 0. The first-order valence-electron chi connectivity index (χ1n) is 12.4. The Morgan fingerprint density at radius 1 is 1.15 bits per heavy atom. The number of aromatic nitrogens is 3. The molecule has 2 aromatic heterocycles. The fourth-order valence-corrected chi connectivity index (χ4v) is 5.15. The zero-order chi connectivity index (χ0) is 28.5. The maximum atomic E-state index is 15.3. The van der Waals surface area contributed by atoms with Crippen molar-refractivity contribution in [3.63, 3.8) is 0 Å². The van der Waals surface area contributed by atoms with E-state index in [-0.39, 0.29) is 52.4 Å². The smallest absolute Gasteiger partial charge is 0.384 e. The Labute approximate surface area is 220 Å². The van der Waals surface area contributed by atoms with Gasteiger partial charge in [-0.1, -0.05) is 12.1 Å². The molecule has 210 valence electrons. The standard InChI is InChI=1S/C26H27F6N5O2/c1-12(16-6-5-7-18(20(16)27)25(28,29)24(3,4)38)33-23-17-9-19(37-10-15-8-14(37)11-39-15)22(26(30,31)32)34-21(17)13(2)35-36-23/h5-7,9,12,14-15,38H,8,10-11H2,1-4H3,(H,33,36)/t12-,14?,15?/m1/s1. The third-order valence-corrected chi connectivity index (χ3v) is 7.33. The van der Waals surface area contributed by atoms with Gasteiger partial charge in [0, 0.05) is 17.5 Å². The third kappa shape index (κ3) is 4.65. The van der Waals surface area contributed by atoms with Gasteiger partial charge < -0.3 is 20.1 Å². The number of pyridine rings is 1. The largest absolute Gasteiger partial charge is 0.435 e. The van der Waals surface area contributed by atoms with Gasteiger partial charge in [0.2, 0.25) is 0 Å². The summed E-state index contributed by atoms with van der Waals surface area (Å²) in [6.07, 6.45) is -4.30. The number of aryl methyl sites for hydroxylation is 1. The minimum Gasteiger partial charge on any atom is -0.384 e. The first kappa shape index (κ1) is 27.4. The first-order valence-corrected chi connectivity index (χ1v) is 12.4. The zero-order valence-corrected chi connectivity index (χ0v) is 21.6. The lowest BCUT2D eigenvalue weighted by atomic mass is 9.91. The summed E-state index contributed by atoms with van der Waals surface area (Å²) in [5, 5.41) is 21.1. The highest BCUT2D eigenvalue weighted by Gasteiger charge is 2.49. The molecule has 2 bridgehead atoms. The average Bonchev–Trinajstić information content (AvgIpc) is 3.48. The van der Waals surface area contributed by atoms with Crippen LogP contribution in [0.4, 0.5) is 37.8 Å². The minimum absolute atomic E-state index is 0.0187. The average molecular weight is 556 g/mol. The molecular formula is C26H27F6N5O2. The van der Waals surface area contributed by atoms with Crippen LogP contribution in [0.5, 0.6) is 0 Å². The summed E-state index contributed by atoms with van der Waals surface area (Å²) in [5.74, 6) is -5.10. The van der Waals surface area contributed by atoms with Crippen LogP contribution in [0.15, 0.2) is 24.3 Å². The van der Waals surface area contributed by atoms with Crippen LogP contribution in [-0.2, 0) is 16.8 Å². The molecule has 3 aromatic rings. The maximum absolute atomic E-state index is 15.3. The molecule has 2 N–H and O–H groups in total. The summed E-state index contributed by atoms with van der Waals surface area (Å²) in [6, 6.07) is 3.60. The van der Waals surface area contributed by atoms with Crippen LogP contribution in [0.2, 0.25) is 0 Å². The highest BCUT2D eigenvalue weighted by molar-refractivity contribution is 5.93. The van der Waals surface area contributed by atoms with Crippen LogP contribution in [0.3, 0.4) is 0 Å². The van der Waals surface area contributed by atoms with E-state index in [1.165, 1.54) is 32.0 Å². The zero-order valence-electron chi connectivity index (χ0n) is 21.6. The van der Waals surface area contributed by atoms with Crippen molar-refractivity contribution in [3.8, 4) is 0 Å². The van der Waals surface area contributed by atoms with Crippen molar-refractivity contribution in [2.24, 2.45) is 0 Å². The number of halogens is 6. The molecule has 0 aliphatic carbocycles. The van der Waals surface area contributed by atoms with Crippen molar-refractivity contribution in [3.05, 3.63) is 52.6 Å². The van der Waals surface area contributed by atoms with Crippen LogP contribution in [0.1, 0.15) is 55.7 Å². The second kappa shape index (κ2) is 9.19. The quantitative estimate of drug-likeness (QED) is 0.389. The number of benzene rings is 1. The number of morpholine rings is 1. The Kier molecular flexibility index (Phi) is 6.45. The number of nitrogens with one attached hydrogen (secondary N) is 1. The van der Waals surface area contributed by atoms with Crippen molar-refractivity contribution >= 4 is 22.4 Å². The minimum atomic E-state index is -4.74. The number of ether oxygens (including phenoxy) is 1. The molecule has 2 fully saturated rings. The SMILES string of the molecule is Cc1nnc(N[C@H](C)c2cccc(C(F)(F)C(C)(C)O)c2F)c2cc(N3CC4CC3CO4)c(C(F)(F)F)nc12. The van der Waals surface area contributed by atoms with Gasteiger partial charge in [0.25, 0.3) is 0 Å².